The highest BCUT2D eigenvalue weighted by Crippen LogP contribution is 2.14. The second-order valence-corrected chi connectivity index (χ2v) is 4.54. The van der Waals surface area contributed by atoms with Gasteiger partial charge in [-0.1, -0.05) is 0 Å². The van der Waals surface area contributed by atoms with Crippen molar-refractivity contribution in [1.82, 2.24) is 4.98 Å². The van der Waals surface area contributed by atoms with E-state index in [0.29, 0.717) is 16.9 Å². The number of halogens is 1. The van der Waals surface area contributed by atoms with Crippen molar-refractivity contribution in [2.45, 2.75) is 0 Å². The molecule has 0 fully saturated rings. The summed E-state index contributed by atoms with van der Waals surface area (Å²) in [5.41, 5.74) is 6.56. The summed E-state index contributed by atoms with van der Waals surface area (Å²) < 4.78 is 0.803. The lowest BCUT2D eigenvalue weighted by molar-refractivity contribution is 0.0998. The maximum atomic E-state index is 11.8. The lowest BCUT2D eigenvalue weighted by Crippen LogP contribution is -2.13. The molecule has 5 nitrogen and oxygen atoms in total. The fourth-order valence-electron chi connectivity index (χ4n) is 1.42. The highest BCUT2D eigenvalue weighted by Gasteiger charge is 2.08. The fourth-order valence-corrected chi connectivity index (χ4v) is 1.76. The Morgan fingerprint density at radius 1 is 1.22 bits per heavy atom. The summed E-state index contributed by atoms with van der Waals surface area (Å²) in [6.45, 7) is 0. The molecular weight excluding hydrogens is 298 g/mol. The van der Waals surface area contributed by atoms with Gasteiger partial charge in [0, 0.05) is 21.9 Å². The number of rotatable bonds is 3. The topological polar surface area (TPSA) is 88.0 Å². The van der Waals surface area contributed by atoms with Crippen LogP contribution in [-0.2, 0) is 0 Å². The molecule has 1 aromatic carbocycles. The summed E-state index contributed by atoms with van der Waals surface area (Å²) in [4.78, 5) is 25.5. The molecule has 4 N–H and O–H groups in total. The van der Waals surface area contributed by atoms with Gasteiger partial charge in [-0.3, -0.25) is 9.59 Å². The molecule has 2 amide bonds. The Morgan fingerprint density at radius 3 is 2.39 bits per heavy atom. The zero-order valence-electron chi connectivity index (χ0n) is 9.24. The molecule has 0 atom stereocenters. The van der Waals surface area contributed by atoms with Crippen LogP contribution in [0.3, 0.4) is 0 Å². The Balaban J connectivity index is 2.10. The lowest BCUT2D eigenvalue weighted by atomic mass is 10.2. The van der Waals surface area contributed by atoms with E-state index in [2.05, 4.69) is 26.2 Å². The molecule has 1 aromatic heterocycles. The lowest BCUT2D eigenvalue weighted by Gasteiger charge is -2.04. The largest absolute Gasteiger partial charge is 0.366 e. The van der Waals surface area contributed by atoms with Crippen molar-refractivity contribution in [2.75, 3.05) is 5.32 Å². The zero-order chi connectivity index (χ0) is 13.1. The minimum Gasteiger partial charge on any atom is -0.366 e. The average molecular weight is 308 g/mol. The van der Waals surface area contributed by atoms with Gasteiger partial charge in [0.05, 0.1) is 0 Å². The van der Waals surface area contributed by atoms with E-state index in [1.807, 2.05) is 0 Å². The normalized spacial score (nSPS) is 10.1. The van der Waals surface area contributed by atoms with Crippen LogP contribution in [-0.4, -0.2) is 16.8 Å². The molecule has 6 heteroatoms. The van der Waals surface area contributed by atoms with Gasteiger partial charge in [0.25, 0.3) is 5.91 Å². The van der Waals surface area contributed by atoms with Gasteiger partial charge in [0.15, 0.2) is 0 Å². The molecule has 0 radical (unpaired) electrons. The Bertz CT molecular complexity index is 590. The standard InChI is InChI=1S/C12H10BrN3O2/c13-8-5-10(15-6-8)12(18)16-9-3-1-7(2-4-9)11(14)17/h1-6,15H,(H2,14,17)(H,16,18). The molecule has 0 aliphatic carbocycles. The third-order valence-electron chi connectivity index (χ3n) is 2.32. The highest BCUT2D eigenvalue weighted by atomic mass is 79.9. The van der Waals surface area contributed by atoms with Crippen LogP contribution in [0.25, 0.3) is 0 Å². The van der Waals surface area contributed by atoms with E-state index >= 15 is 0 Å². The third-order valence-corrected chi connectivity index (χ3v) is 2.78. The van der Waals surface area contributed by atoms with Crippen LogP contribution in [0.4, 0.5) is 5.69 Å². The molecule has 0 aliphatic heterocycles. The van der Waals surface area contributed by atoms with Gasteiger partial charge in [-0.2, -0.15) is 0 Å². The Hall–Kier alpha value is -2.08. The number of anilines is 1. The maximum absolute atomic E-state index is 11.8. The quantitative estimate of drug-likeness (QED) is 0.811. The first kappa shape index (κ1) is 12.4. The van der Waals surface area contributed by atoms with Gasteiger partial charge in [0.2, 0.25) is 5.91 Å². The van der Waals surface area contributed by atoms with Gasteiger partial charge in [0.1, 0.15) is 5.69 Å². The molecular formula is C12H10BrN3O2. The molecule has 2 aromatic rings. The zero-order valence-corrected chi connectivity index (χ0v) is 10.8. The summed E-state index contributed by atoms with van der Waals surface area (Å²) in [5, 5.41) is 2.69. The van der Waals surface area contributed by atoms with E-state index in [-0.39, 0.29) is 5.91 Å². The number of carbonyl (C=O) groups excluding carboxylic acids is 2. The van der Waals surface area contributed by atoms with Crippen LogP contribution in [0.5, 0.6) is 0 Å². The molecule has 0 saturated carbocycles. The van der Waals surface area contributed by atoms with Gasteiger partial charge in [-0.25, -0.2) is 0 Å². The number of nitrogens with two attached hydrogens (primary N) is 1. The second kappa shape index (κ2) is 5.05. The summed E-state index contributed by atoms with van der Waals surface area (Å²) in [7, 11) is 0. The highest BCUT2D eigenvalue weighted by molar-refractivity contribution is 9.10. The summed E-state index contributed by atoms with van der Waals surface area (Å²) in [5.74, 6) is -0.756. The maximum Gasteiger partial charge on any atom is 0.272 e. The van der Waals surface area contributed by atoms with Crippen molar-refractivity contribution < 1.29 is 9.59 Å². The van der Waals surface area contributed by atoms with Crippen molar-refractivity contribution >= 4 is 33.4 Å². The predicted molar refractivity (Wildman–Crippen MR) is 71.4 cm³/mol. The van der Waals surface area contributed by atoms with Gasteiger partial charge in [-0.05, 0) is 46.3 Å². The number of benzene rings is 1. The second-order valence-electron chi connectivity index (χ2n) is 3.63. The Kier molecular flexibility index (Phi) is 3.47. The monoisotopic (exact) mass is 307 g/mol. The number of primary amides is 1. The molecule has 2 rings (SSSR count). The number of H-pyrrole nitrogens is 1. The molecule has 0 aliphatic rings. The molecule has 0 bridgehead atoms. The van der Waals surface area contributed by atoms with E-state index in [1.54, 1.807) is 36.5 Å². The first-order chi connectivity index (χ1) is 8.56. The van der Waals surface area contributed by atoms with E-state index in [0.717, 1.165) is 4.47 Å². The van der Waals surface area contributed by atoms with Gasteiger partial charge in [-0.15, -0.1) is 0 Å². The van der Waals surface area contributed by atoms with E-state index < -0.39 is 5.91 Å². The van der Waals surface area contributed by atoms with E-state index in [9.17, 15) is 9.59 Å². The predicted octanol–water partition coefficient (Wildman–Crippen LogP) is 2.13. The van der Waals surface area contributed by atoms with Crippen molar-refractivity contribution in [3.8, 4) is 0 Å². The fraction of sp³-hybridized carbons (Fsp3) is 0. The number of hydrogen-bond acceptors (Lipinski definition) is 2. The van der Waals surface area contributed by atoms with Crippen LogP contribution in [0, 0.1) is 0 Å². The van der Waals surface area contributed by atoms with Crippen molar-refractivity contribution in [1.29, 1.82) is 0 Å². The molecule has 0 unspecified atom stereocenters. The van der Waals surface area contributed by atoms with Crippen LogP contribution in [0.15, 0.2) is 41.0 Å². The number of carbonyl (C=O) groups is 2. The number of amides is 2. The minimum atomic E-state index is -0.499. The van der Waals surface area contributed by atoms with Crippen LogP contribution >= 0.6 is 15.9 Å². The first-order valence-electron chi connectivity index (χ1n) is 5.11. The smallest absolute Gasteiger partial charge is 0.272 e. The average Bonchev–Trinajstić information content (AvgIpc) is 2.76. The van der Waals surface area contributed by atoms with E-state index in [1.165, 1.54) is 0 Å². The molecule has 92 valence electrons. The number of aromatic nitrogens is 1. The van der Waals surface area contributed by atoms with Crippen molar-refractivity contribution in [3.05, 3.63) is 52.3 Å². The summed E-state index contributed by atoms with van der Waals surface area (Å²) in [6, 6.07) is 8.03. The molecule has 18 heavy (non-hydrogen) atoms. The Morgan fingerprint density at radius 2 is 1.89 bits per heavy atom. The van der Waals surface area contributed by atoms with Crippen LogP contribution in [0.2, 0.25) is 0 Å². The number of aromatic amines is 1. The van der Waals surface area contributed by atoms with Crippen molar-refractivity contribution in [2.24, 2.45) is 5.73 Å². The molecule has 0 saturated heterocycles. The Labute approximate surface area is 112 Å². The van der Waals surface area contributed by atoms with Crippen molar-refractivity contribution in [3.63, 3.8) is 0 Å². The molecule has 1 heterocycles. The number of nitrogens with one attached hydrogen (secondary N) is 2. The van der Waals surface area contributed by atoms with Gasteiger partial charge < -0.3 is 16.0 Å². The minimum absolute atomic E-state index is 0.257. The molecule has 0 spiro atoms. The SMILES string of the molecule is NC(=O)c1ccc(NC(=O)c2cc(Br)c[nH]2)cc1. The van der Waals surface area contributed by atoms with Crippen LogP contribution < -0.4 is 11.1 Å². The van der Waals surface area contributed by atoms with Gasteiger partial charge >= 0.3 is 0 Å². The number of hydrogen-bond donors (Lipinski definition) is 3. The first-order valence-corrected chi connectivity index (χ1v) is 5.90. The third kappa shape index (κ3) is 2.78. The summed E-state index contributed by atoms with van der Waals surface area (Å²) in [6.07, 6.45) is 1.67. The van der Waals surface area contributed by atoms with Crippen LogP contribution in [0.1, 0.15) is 20.8 Å². The van der Waals surface area contributed by atoms with E-state index in [4.69, 9.17) is 5.73 Å². The summed E-state index contributed by atoms with van der Waals surface area (Å²) >= 11 is 3.25.